The average Bonchev–Trinajstić information content (AvgIpc) is 2.78. The summed E-state index contributed by atoms with van der Waals surface area (Å²) in [7, 11) is 0. The maximum Gasteiger partial charge on any atom is 0.123 e. The highest BCUT2D eigenvalue weighted by atomic mass is 35.5. The first-order valence-electron chi connectivity index (χ1n) is 6.70. The van der Waals surface area contributed by atoms with Gasteiger partial charge in [-0.15, -0.1) is 11.6 Å². The summed E-state index contributed by atoms with van der Waals surface area (Å²) in [6, 6.07) is 16.7. The molecule has 0 aromatic heterocycles. The molecule has 0 aliphatic carbocycles. The molecule has 2 aromatic carbocycles. The lowest BCUT2D eigenvalue weighted by atomic mass is 10.0. The molecule has 0 bridgehead atoms. The standard InChI is InChI=1S/C17H17ClO/c1-12-9-15-11-14(7-8-17(15)19-12)16(18)10-13-5-3-2-4-6-13/h2-8,11-12,16H,9-10H2,1H3. The predicted octanol–water partition coefficient (Wildman–Crippen LogP) is 4.53. The molecule has 2 atom stereocenters. The van der Waals surface area contributed by atoms with E-state index in [2.05, 4.69) is 49.4 Å². The number of hydrogen-bond donors (Lipinski definition) is 0. The lowest BCUT2D eigenvalue weighted by molar-refractivity contribution is 0.254. The molecule has 2 aromatic rings. The highest BCUT2D eigenvalue weighted by Crippen LogP contribution is 2.33. The fourth-order valence-electron chi connectivity index (χ4n) is 2.58. The van der Waals surface area contributed by atoms with Crippen LogP contribution in [0.4, 0.5) is 0 Å². The Hall–Kier alpha value is -1.47. The van der Waals surface area contributed by atoms with Gasteiger partial charge in [0, 0.05) is 6.42 Å². The number of fused-ring (bicyclic) bond motifs is 1. The van der Waals surface area contributed by atoms with Crippen LogP contribution in [0.3, 0.4) is 0 Å². The summed E-state index contributed by atoms with van der Waals surface area (Å²) < 4.78 is 5.72. The molecule has 1 aliphatic heterocycles. The second-order valence-corrected chi connectivity index (χ2v) is 5.68. The Morgan fingerprint density at radius 3 is 2.79 bits per heavy atom. The van der Waals surface area contributed by atoms with Crippen molar-refractivity contribution < 1.29 is 4.74 Å². The molecule has 1 nitrogen and oxygen atoms in total. The van der Waals surface area contributed by atoms with Gasteiger partial charge in [0.05, 0.1) is 5.38 Å². The Kier molecular flexibility index (Phi) is 3.48. The molecule has 3 rings (SSSR count). The zero-order valence-corrected chi connectivity index (χ0v) is 11.7. The molecule has 2 unspecified atom stereocenters. The van der Waals surface area contributed by atoms with Crippen molar-refractivity contribution in [2.24, 2.45) is 0 Å². The predicted molar refractivity (Wildman–Crippen MR) is 79.0 cm³/mol. The quantitative estimate of drug-likeness (QED) is 0.746. The average molecular weight is 273 g/mol. The van der Waals surface area contributed by atoms with Crippen LogP contribution < -0.4 is 4.74 Å². The Bertz CT molecular complexity index is 565. The number of alkyl halides is 1. The largest absolute Gasteiger partial charge is 0.490 e. The van der Waals surface area contributed by atoms with Gasteiger partial charge in [0.1, 0.15) is 11.9 Å². The van der Waals surface area contributed by atoms with E-state index in [0.29, 0.717) is 0 Å². The van der Waals surface area contributed by atoms with Crippen molar-refractivity contribution in [2.75, 3.05) is 0 Å². The van der Waals surface area contributed by atoms with Crippen LogP contribution >= 0.6 is 11.6 Å². The zero-order chi connectivity index (χ0) is 13.2. The van der Waals surface area contributed by atoms with E-state index >= 15 is 0 Å². The lowest BCUT2D eigenvalue weighted by Crippen LogP contribution is -2.05. The first kappa shape index (κ1) is 12.6. The Balaban J connectivity index is 1.78. The minimum Gasteiger partial charge on any atom is -0.490 e. The fraction of sp³-hybridized carbons (Fsp3) is 0.294. The van der Waals surface area contributed by atoms with Crippen molar-refractivity contribution in [3.05, 3.63) is 65.2 Å². The van der Waals surface area contributed by atoms with Crippen molar-refractivity contribution in [3.8, 4) is 5.75 Å². The maximum atomic E-state index is 6.54. The third-order valence-electron chi connectivity index (χ3n) is 3.54. The molecular formula is C17H17ClO. The third kappa shape index (κ3) is 2.76. The van der Waals surface area contributed by atoms with Gasteiger partial charge in [0.2, 0.25) is 0 Å². The van der Waals surface area contributed by atoms with E-state index in [1.54, 1.807) is 0 Å². The van der Waals surface area contributed by atoms with E-state index < -0.39 is 0 Å². The molecule has 1 aliphatic rings. The first-order valence-corrected chi connectivity index (χ1v) is 7.13. The molecule has 1 heterocycles. The van der Waals surface area contributed by atoms with Crippen LogP contribution in [0, 0.1) is 0 Å². The van der Waals surface area contributed by atoms with Gasteiger partial charge < -0.3 is 4.74 Å². The number of halogens is 1. The van der Waals surface area contributed by atoms with Gasteiger partial charge in [-0.3, -0.25) is 0 Å². The minimum atomic E-state index is 0.0172. The van der Waals surface area contributed by atoms with Crippen LogP contribution in [0.5, 0.6) is 5.75 Å². The smallest absolute Gasteiger partial charge is 0.123 e. The van der Waals surface area contributed by atoms with E-state index in [1.165, 1.54) is 16.7 Å². The minimum absolute atomic E-state index is 0.0172. The second kappa shape index (κ2) is 5.26. The van der Waals surface area contributed by atoms with Crippen molar-refractivity contribution in [2.45, 2.75) is 31.2 Å². The summed E-state index contributed by atoms with van der Waals surface area (Å²) in [5, 5.41) is 0.0172. The maximum absolute atomic E-state index is 6.54. The van der Waals surface area contributed by atoms with E-state index in [1.807, 2.05) is 6.07 Å². The number of benzene rings is 2. The van der Waals surface area contributed by atoms with Crippen LogP contribution in [0.25, 0.3) is 0 Å². The molecule has 2 heteroatoms. The molecule has 0 saturated heterocycles. The summed E-state index contributed by atoms with van der Waals surface area (Å²) in [4.78, 5) is 0. The second-order valence-electron chi connectivity index (χ2n) is 5.16. The summed E-state index contributed by atoms with van der Waals surface area (Å²) in [6.07, 6.45) is 2.13. The monoisotopic (exact) mass is 272 g/mol. The van der Waals surface area contributed by atoms with Gasteiger partial charge in [-0.25, -0.2) is 0 Å². The number of hydrogen-bond acceptors (Lipinski definition) is 1. The van der Waals surface area contributed by atoms with Gasteiger partial charge >= 0.3 is 0 Å². The molecular weight excluding hydrogens is 256 g/mol. The van der Waals surface area contributed by atoms with Gasteiger partial charge in [0.25, 0.3) is 0 Å². The van der Waals surface area contributed by atoms with Crippen molar-refractivity contribution in [3.63, 3.8) is 0 Å². The first-order chi connectivity index (χ1) is 9.22. The van der Waals surface area contributed by atoms with Gasteiger partial charge in [0.15, 0.2) is 0 Å². The van der Waals surface area contributed by atoms with E-state index in [-0.39, 0.29) is 11.5 Å². The number of rotatable bonds is 3. The normalized spacial score (nSPS) is 18.7. The molecule has 0 saturated carbocycles. The number of ether oxygens (including phenoxy) is 1. The van der Waals surface area contributed by atoms with Crippen LogP contribution in [-0.4, -0.2) is 6.10 Å². The topological polar surface area (TPSA) is 9.23 Å². The van der Waals surface area contributed by atoms with Gasteiger partial charge in [-0.05, 0) is 36.1 Å². The van der Waals surface area contributed by atoms with Crippen LogP contribution in [0.15, 0.2) is 48.5 Å². The molecule has 19 heavy (non-hydrogen) atoms. The molecule has 0 radical (unpaired) electrons. The van der Waals surface area contributed by atoms with Crippen molar-refractivity contribution >= 4 is 11.6 Å². The fourth-order valence-corrected chi connectivity index (χ4v) is 2.89. The van der Waals surface area contributed by atoms with Gasteiger partial charge in [-0.2, -0.15) is 0 Å². The lowest BCUT2D eigenvalue weighted by Gasteiger charge is -2.11. The SMILES string of the molecule is CC1Cc2cc(C(Cl)Cc3ccccc3)ccc2O1. The Morgan fingerprint density at radius 2 is 2.00 bits per heavy atom. The van der Waals surface area contributed by atoms with E-state index in [0.717, 1.165) is 18.6 Å². The Morgan fingerprint density at radius 1 is 1.21 bits per heavy atom. The zero-order valence-electron chi connectivity index (χ0n) is 11.0. The molecule has 0 N–H and O–H groups in total. The van der Waals surface area contributed by atoms with Crippen LogP contribution in [-0.2, 0) is 12.8 Å². The summed E-state index contributed by atoms with van der Waals surface area (Å²) >= 11 is 6.54. The van der Waals surface area contributed by atoms with Crippen LogP contribution in [0.2, 0.25) is 0 Å². The van der Waals surface area contributed by atoms with Crippen LogP contribution in [0.1, 0.15) is 29.0 Å². The summed E-state index contributed by atoms with van der Waals surface area (Å²) in [5.41, 5.74) is 3.73. The van der Waals surface area contributed by atoms with Gasteiger partial charge in [-0.1, -0.05) is 42.5 Å². The summed E-state index contributed by atoms with van der Waals surface area (Å²) in [6.45, 7) is 2.10. The van der Waals surface area contributed by atoms with Crippen molar-refractivity contribution in [1.82, 2.24) is 0 Å². The highest BCUT2D eigenvalue weighted by molar-refractivity contribution is 6.20. The van der Waals surface area contributed by atoms with E-state index in [4.69, 9.17) is 16.3 Å². The molecule has 0 fully saturated rings. The molecule has 0 spiro atoms. The third-order valence-corrected chi connectivity index (χ3v) is 3.95. The molecule has 0 amide bonds. The van der Waals surface area contributed by atoms with Crippen molar-refractivity contribution in [1.29, 1.82) is 0 Å². The highest BCUT2D eigenvalue weighted by Gasteiger charge is 2.20. The van der Waals surface area contributed by atoms with E-state index in [9.17, 15) is 0 Å². The Labute approximate surface area is 119 Å². The molecule has 98 valence electrons. The summed E-state index contributed by atoms with van der Waals surface area (Å²) in [5.74, 6) is 1.01.